The lowest BCUT2D eigenvalue weighted by atomic mass is 9.82. The van der Waals surface area contributed by atoms with E-state index in [-0.39, 0.29) is 35.9 Å². The predicted octanol–water partition coefficient (Wildman–Crippen LogP) is 4.14. The molecule has 1 saturated carbocycles. The van der Waals surface area contributed by atoms with Gasteiger partial charge in [-0.25, -0.2) is 8.42 Å². The van der Waals surface area contributed by atoms with Crippen LogP contribution >= 0.6 is 12.4 Å². The molecule has 34 heavy (non-hydrogen) atoms. The van der Waals surface area contributed by atoms with Gasteiger partial charge in [0.05, 0.1) is 18.1 Å². The predicted molar refractivity (Wildman–Crippen MR) is 131 cm³/mol. The van der Waals surface area contributed by atoms with Crippen molar-refractivity contribution in [2.45, 2.75) is 62.6 Å². The number of methoxy groups -OCH3 is 1. The Kier molecular flexibility index (Phi) is 10.8. The lowest BCUT2D eigenvalue weighted by molar-refractivity contribution is -0.144. The Bertz CT molecular complexity index is 996. The number of benzene rings is 1. The number of carbonyl (C=O) groups is 1. The molecule has 3 rings (SSSR count). The highest BCUT2D eigenvalue weighted by molar-refractivity contribution is 7.89. The van der Waals surface area contributed by atoms with E-state index < -0.39 is 22.0 Å². The summed E-state index contributed by atoms with van der Waals surface area (Å²) in [6.45, 7) is 2.67. The minimum atomic E-state index is -4.10. The molecule has 1 aliphatic rings. The van der Waals surface area contributed by atoms with Crippen LogP contribution in [-0.4, -0.2) is 54.6 Å². The number of hydrogen-bond donors (Lipinski definition) is 1. The summed E-state index contributed by atoms with van der Waals surface area (Å²) in [6.07, 6.45) is 6.80. The molecule has 1 atom stereocenters. The first-order valence-electron chi connectivity index (χ1n) is 11.3. The van der Waals surface area contributed by atoms with Crippen LogP contribution in [0.3, 0.4) is 0 Å². The van der Waals surface area contributed by atoms with Gasteiger partial charge in [-0.05, 0) is 80.0 Å². The maximum absolute atomic E-state index is 13.7. The summed E-state index contributed by atoms with van der Waals surface area (Å²) < 4.78 is 39.5. The molecule has 0 amide bonds. The number of nitrogens with zero attached hydrogens (tertiary/aromatic N) is 2. The van der Waals surface area contributed by atoms with Crippen LogP contribution in [-0.2, 0) is 26.1 Å². The quantitative estimate of drug-likeness (QED) is 0.482. The van der Waals surface area contributed by atoms with Crippen LogP contribution in [0.1, 0.15) is 44.6 Å². The van der Waals surface area contributed by atoms with Crippen LogP contribution in [0.15, 0.2) is 53.7 Å². The van der Waals surface area contributed by atoms with Gasteiger partial charge in [-0.3, -0.25) is 9.78 Å². The van der Waals surface area contributed by atoms with Gasteiger partial charge >= 0.3 is 5.97 Å². The maximum atomic E-state index is 13.7. The second kappa shape index (κ2) is 13.0. The van der Waals surface area contributed by atoms with E-state index in [1.807, 2.05) is 6.92 Å². The zero-order valence-corrected chi connectivity index (χ0v) is 21.1. The fourth-order valence-electron chi connectivity index (χ4n) is 4.30. The highest BCUT2D eigenvalue weighted by atomic mass is 35.5. The number of ether oxygens (including phenoxy) is 2. The van der Waals surface area contributed by atoms with Crippen LogP contribution in [0.2, 0.25) is 0 Å². The maximum Gasteiger partial charge on any atom is 0.322 e. The van der Waals surface area contributed by atoms with Crippen molar-refractivity contribution in [3.05, 3.63) is 54.4 Å². The molecule has 1 fully saturated rings. The number of aliphatic carboxylic acids is 1. The molecule has 1 aliphatic carbocycles. The van der Waals surface area contributed by atoms with Crippen LogP contribution in [0.5, 0.6) is 5.75 Å². The fourth-order valence-corrected chi connectivity index (χ4v) is 5.93. The number of rotatable bonds is 11. The van der Waals surface area contributed by atoms with Crippen molar-refractivity contribution in [2.24, 2.45) is 5.92 Å². The van der Waals surface area contributed by atoms with Crippen molar-refractivity contribution >= 4 is 28.4 Å². The highest BCUT2D eigenvalue weighted by Gasteiger charge is 2.42. The summed E-state index contributed by atoms with van der Waals surface area (Å²) in [5.41, 5.74) is 0.674. The molecule has 188 valence electrons. The monoisotopic (exact) mass is 512 g/mol. The lowest BCUT2D eigenvalue weighted by Crippen LogP contribution is -2.50. The summed E-state index contributed by atoms with van der Waals surface area (Å²) >= 11 is 0. The van der Waals surface area contributed by atoms with Gasteiger partial charge in [0.25, 0.3) is 0 Å². The first kappa shape index (κ1) is 28.0. The molecular weight excluding hydrogens is 480 g/mol. The van der Waals surface area contributed by atoms with Crippen LogP contribution < -0.4 is 4.74 Å². The van der Waals surface area contributed by atoms with E-state index in [9.17, 15) is 18.3 Å². The van der Waals surface area contributed by atoms with Crippen molar-refractivity contribution in [1.82, 2.24) is 9.29 Å². The van der Waals surface area contributed by atoms with E-state index in [1.165, 1.54) is 19.2 Å². The van der Waals surface area contributed by atoms with Crippen molar-refractivity contribution in [3.63, 3.8) is 0 Å². The Hall–Kier alpha value is -2.20. The Morgan fingerprint density at radius 3 is 2.26 bits per heavy atom. The van der Waals surface area contributed by atoms with E-state index in [0.29, 0.717) is 30.8 Å². The largest absolute Gasteiger partial charge is 0.497 e. The van der Waals surface area contributed by atoms with E-state index >= 15 is 0 Å². The second-order valence-electron chi connectivity index (χ2n) is 8.27. The molecule has 0 saturated heterocycles. The first-order valence-corrected chi connectivity index (χ1v) is 12.7. The molecule has 10 heteroatoms. The van der Waals surface area contributed by atoms with Crippen molar-refractivity contribution in [1.29, 1.82) is 0 Å². The lowest BCUT2D eigenvalue weighted by Gasteiger charge is -2.37. The summed E-state index contributed by atoms with van der Waals surface area (Å²) in [5, 5.41) is 10.2. The van der Waals surface area contributed by atoms with Gasteiger partial charge in [0, 0.05) is 25.5 Å². The van der Waals surface area contributed by atoms with Gasteiger partial charge in [-0.15, -0.1) is 12.4 Å². The van der Waals surface area contributed by atoms with Crippen LogP contribution in [0, 0.1) is 5.92 Å². The van der Waals surface area contributed by atoms with E-state index in [1.54, 1.807) is 36.7 Å². The molecule has 1 aromatic carbocycles. The Morgan fingerprint density at radius 1 is 1.12 bits per heavy atom. The molecule has 8 nitrogen and oxygen atoms in total. The molecule has 0 aliphatic heterocycles. The summed E-state index contributed by atoms with van der Waals surface area (Å²) in [7, 11) is -2.60. The van der Waals surface area contributed by atoms with Crippen molar-refractivity contribution in [3.8, 4) is 5.75 Å². The third-order valence-corrected chi connectivity index (χ3v) is 7.88. The average molecular weight is 513 g/mol. The molecular formula is C24H33ClN2O6S. The van der Waals surface area contributed by atoms with Crippen LogP contribution in [0.25, 0.3) is 0 Å². The minimum absolute atomic E-state index is 0. The summed E-state index contributed by atoms with van der Waals surface area (Å²) in [5.74, 6) is -0.923. The van der Waals surface area contributed by atoms with Gasteiger partial charge < -0.3 is 14.6 Å². The number of hydrogen-bond acceptors (Lipinski definition) is 6. The second-order valence-corrected chi connectivity index (χ2v) is 10.2. The summed E-state index contributed by atoms with van der Waals surface area (Å²) in [6, 6.07) is 8.23. The molecule has 0 unspecified atom stereocenters. The average Bonchev–Trinajstić information content (AvgIpc) is 2.83. The van der Waals surface area contributed by atoms with Crippen molar-refractivity contribution in [2.75, 3.05) is 13.7 Å². The molecule has 2 aromatic rings. The third kappa shape index (κ3) is 6.91. The molecule has 0 spiro atoms. The standard InChI is InChI=1S/C24H32N2O6S.ClH/c1-3-16-32-21-6-4-19(5-7-21)23(24(27)28)26(17-18-12-14-25-15-13-18)33(29,30)22-10-8-20(31-2)9-11-22;/h8-15,19,21,23H,3-7,16-17H2,1-2H3,(H,27,28);1H/t19?,21?,23-;/m1./s1. The molecule has 1 heterocycles. The number of pyridine rings is 1. The SMILES string of the molecule is CCCOC1CCC([C@H](C(=O)O)N(Cc2ccncc2)S(=O)(=O)c2ccc(OC)cc2)CC1.Cl. The van der Waals surface area contributed by atoms with Gasteiger partial charge in [-0.2, -0.15) is 4.31 Å². The molecule has 1 aromatic heterocycles. The normalized spacial score (nSPS) is 19.3. The van der Waals surface area contributed by atoms with Gasteiger partial charge in [0.15, 0.2) is 0 Å². The minimum Gasteiger partial charge on any atom is -0.497 e. The fraction of sp³-hybridized carbons (Fsp3) is 0.500. The van der Waals surface area contributed by atoms with E-state index in [4.69, 9.17) is 9.47 Å². The van der Waals surface area contributed by atoms with E-state index in [2.05, 4.69) is 4.98 Å². The molecule has 0 radical (unpaired) electrons. The molecule has 1 N–H and O–H groups in total. The zero-order chi connectivity index (χ0) is 23.8. The third-order valence-electron chi connectivity index (χ3n) is 6.04. The smallest absolute Gasteiger partial charge is 0.322 e. The summed E-state index contributed by atoms with van der Waals surface area (Å²) in [4.78, 5) is 16.5. The number of carboxylic acids is 1. The first-order chi connectivity index (χ1) is 15.9. The van der Waals surface area contributed by atoms with E-state index in [0.717, 1.165) is 23.6 Å². The van der Waals surface area contributed by atoms with Gasteiger partial charge in [0.1, 0.15) is 11.8 Å². The zero-order valence-electron chi connectivity index (χ0n) is 19.5. The van der Waals surface area contributed by atoms with Crippen LogP contribution in [0.4, 0.5) is 0 Å². The Morgan fingerprint density at radius 2 is 1.74 bits per heavy atom. The number of carboxylic acid groups (broad SMARTS) is 1. The number of halogens is 1. The highest BCUT2D eigenvalue weighted by Crippen LogP contribution is 2.34. The number of aromatic nitrogens is 1. The number of sulfonamides is 1. The van der Waals surface area contributed by atoms with Crippen molar-refractivity contribution < 1.29 is 27.8 Å². The Labute approximate surface area is 207 Å². The Balaban J connectivity index is 0.00000408. The van der Waals surface area contributed by atoms with Gasteiger partial charge in [0.2, 0.25) is 10.0 Å². The van der Waals surface area contributed by atoms with Gasteiger partial charge in [-0.1, -0.05) is 6.92 Å². The molecule has 0 bridgehead atoms. The topological polar surface area (TPSA) is 106 Å².